The Labute approximate surface area is 124 Å². The lowest BCUT2D eigenvalue weighted by molar-refractivity contribution is 0.102. The summed E-state index contributed by atoms with van der Waals surface area (Å²) in [6, 6.07) is 12.9. The van der Waals surface area contributed by atoms with Crippen molar-refractivity contribution in [1.82, 2.24) is 4.98 Å². The van der Waals surface area contributed by atoms with Crippen molar-refractivity contribution in [2.75, 3.05) is 5.32 Å². The number of carbonyl (C=O) groups is 1. The predicted octanol–water partition coefficient (Wildman–Crippen LogP) is 3.55. The highest BCUT2D eigenvalue weighted by atomic mass is 16.1. The molecule has 0 spiro atoms. The summed E-state index contributed by atoms with van der Waals surface area (Å²) < 4.78 is 0. The Bertz CT molecular complexity index is 639. The van der Waals surface area contributed by atoms with Crippen LogP contribution in [0, 0.1) is 11.3 Å². The molecule has 0 aliphatic carbocycles. The molecule has 1 amide bonds. The number of pyridine rings is 1. The van der Waals surface area contributed by atoms with Crippen molar-refractivity contribution in [3.63, 3.8) is 0 Å². The van der Waals surface area contributed by atoms with Crippen LogP contribution in [-0.4, -0.2) is 10.9 Å². The topological polar surface area (TPSA) is 65.8 Å². The zero-order chi connectivity index (χ0) is 15.1. The first-order valence-corrected chi connectivity index (χ1v) is 6.99. The molecule has 0 saturated carbocycles. The zero-order valence-corrected chi connectivity index (χ0v) is 12.0. The molecule has 106 valence electrons. The SMILES string of the molecule is CCCCc1ccc(NC(=O)c2ccc(C#N)nc2)cc1. The number of unbranched alkanes of at least 4 members (excludes halogenated alkanes) is 1. The lowest BCUT2D eigenvalue weighted by Gasteiger charge is -2.06. The van der Waals surface area contributed by atoms with Gasteiger partial charge in [0.2, 0.25) is 0 Å². The van der Waals surface area contributed by atoms with Crippen molar-refractivity contribution in [1.29, 1.82) is 5.26 Å². The fraction of sp³-hybridized carbons (Fsp3) is 0.235. The molecule has 0 bridgehead atoms. The summed E-state index contributed by atoms with van der Waals surface area (Å²) in [6.45, 7) is 2.17. The summed E-state index contributed by atoms with van der Waals surface area (Å²) in [5.74, 6) is -0.228. The van der Waals surface area contributed by atoms with Gasteiger partial charge < -0.3 is 5.32 Å². The number of nitriles is 1. The lowest BCUT2D eigenvalue weighted by atomic mass is 10.1. The average molecular weight is 279 g/mol. The van der Waals surface area contributed by atoms with E-state index < -0.39 is 0 Å². The largest absolute Gasteiger partial charge is 0.322 e. The molecule has 0 unspecified atom stereocenters. The predicted molar refractivity (Wildman–Crippen MR) is 82.0 cm³/mol. The maximum absolute atomic E-state index is 12.0. The molecule has 1 aromatic heterocycles. The first-order chi connectivity index (χ1) is 10.2. The number of nitrogens with one attached hydrogen (secondary N) is 1. The van der Waals surface area contributed by atoms with E-state index in [-0.39, 0.29) is 5.91 Å². The van der Waals surface area contributed by atoms with Crippen molar-refractivity contribution in [2.24, 2.45) is 0 Å². The molecule has 0 atom stereocenters. The first kappa shape index (κ1) is 14.7. The van der Waals surface area contributed by atoms with Gasteiger partial charge in [-0.15, -0.1) is 0 Å². The maximum atomic E-state index is 12.0. The number of rotatable bonds is 5. The fourth-order valence-electron chi connectivity index (χ4n) is 1.93. The Morgan fingerprint density at radius 1 is 1.24 bits per heavy atom. The van der Waals surface area contributed by atoms with E-state index in [1.54, 1.807) is 6.07 Å². The first-order valence-electron chi connectivity index (χ1n) is 6.99. The second-order valence-electron chi connectivity index (χ2n) is 4.80. The van der Waals surface area contributed by atoms with Gasteiger partial charge in [-0.05, 0) is 42.7 Å². The molecular formula is C17H17N3O. The van der Waals surface area contributed by atoms with Gasteiger partial charge >= 0.3 is 0 Å². The standard InChI is InChI=1S/C17H17N3O/c1-2-3-4-13-5-8-15(9-6-13)20-17(21)14-7-10-16(11-18)19-12-14/h5-10,12H,2-4H2,1H3,(H,20,21). The molecule has 2 rings (SSSR count). The zero-order valence-electron chi connectivity index (χ0n) is 12.0. The second kappa shape index (κ2) is 7.20. The number of carbonyl (C=O) groups excluding carboxylic acids is 1. The van der Waals surface area contributed by atoms with E-state index in [9.17, 15) is 4.79 Å². The van der Waals surface area contributed by atoms with Gasteiger partial charge in [0.25, 0.3) is 5.91 Å². The van der Waals surface area contributed by atoms with Crippen molar-refractivity contribution < 1.29 is 4.79 Å². The monoisotopic (exact) mass is 279 g/mol. The van der Waals surface area contributed by atoms with Crippen LogP contribution in [0.4, 0.5) is 5.69 Å². The van der Waals surface area contributed by atoms with Crippen molar-refractivity contribution >= 4 is 11.6 Å². The summed E-state index contributed by atoms with van der Waals surface area (Å²) >= 11 is 0. The van der Waals surface area contributed by atoms with Gasteiger partial charge in [0.15, 0.2) is 0 Å². The summed E-state index contributed by atoms with van der Waals surface area (Å²) in [6.07, 6.45) is 4.81. The van der Waals surface area contributed by atoms with Crippen LogP contribution in [-0.2, 0) is 6.42 Å². The summed E-state index contributed by atoms with van der Waals surface area (Å²) in [7, 11) is 0. The average Bonchev–Trinajstić information content (AvgIpc) is 2.54. The third-order valence-electron chi connectivity index (χ3n) is 3.17. The van der Waals surface area contributed by atoms with Crippen molar-refractivity contribution in [3.05, 3.63) is 59.4 Å². The quantitative estimate of drug-likeness (QED) is 0.910. The van der Waals surface area contributed by atoms with Gasteiger partial charge in [0.1, 0.15) is 11.8 Å². The lowest BCUT2D eigenvalue weighted by Crippen LogP contribution is -2.12. The molecule has 21 heavy (non-hydrogen) atoms. The third kappa shape index (κ3) is 4.15. The highest BCUT2D eigenvalue weighted by molar-refractivity contribution is 6.04. The number of hydrogen-bond donors (Lipinski definition) is 1. The Morgan fingerprint density at radius 3 is 2.57 bits per heavy atom. The van der Waals surface area contributed by atoms with Crippen LogP contribution in [0.5, 0.6) is 0 Å². The van der Waals surface area contributed by atoms with E-state index >= 15 is 0 Å². The van der Waals surface area contributed by atoms with E-state index in [4.69, 9.17) is 5.26 Å². The molecule has 0 aliphatic rings. The molecule has 1 heterocycles. The van der Waals surface area contributed by atoms with Crippen LogP contribution in [0.2, 0.25) is 0 Å². The number of benzene rings is 1. The number of nitrogens with zero attached hydrogens (tertiary/aromatic N) is 2. The number of aromatic nitrogens is 1. The van der Waals surface area contributed by atoms with Crippen molar-refractivity contribution in [3.8, 4) is 6.07 Å². The van der Waals surface area contributed by atoms with Crippen LogP contribution in [0.3, 0.4) is 0 Å². The van der Waals surface area contributed by atoms with Crippen LogP contribution in [0.15, 0.2) is 42.6 Å². The van der Waals surface area contributed by atoms with Crippen LogP contribution < -0.4 is 5.32 Å². The van der Waals surface area contributed by atoms with E-state index in [2.05, 4.69) is 17.2 Å². The molecule has 0 saturated heterocycles. The van der Waals surface area contributed by atoms with Gasteiger partial charge in [-0.1, -0.05) is 25.5 Å². The number of amides is 1. The fourth-order valence-corrected chi connectivity index (χ4v) is 1.93. The molecular weight excluding hydrogens is 262 g/mol. The summed E-state index contributed by atoms with van der Waals surface area (Å²) in [5, 5.41) is 11.5. The normalized spacial score (nSPS) is 9.90. The van der Waals surface area contributed by atoms with E-state index in [1.807, 2.05) is 30.3 Å². The van der Waals surface area contributed by atoms with Gasteiger partial charge in [0, 0.05) is 11.9 Å². The van der Waals surface area contributed by atoms with Crippen molar-refractivity contribution in [2.45, 2.75) is 26.2 Å². The van der Waals surface area contributed by atoms with E-state index in [0.29, 0.717) is 11.3 Å². The molecule has 0 radical (unpaired) electrons. The molecule has 0 aliphatic heterocycles. The van der Waals surface area contributed by atoms with Crippen LogP contribution >= 0.6 is 0 Å². The van der Waals surface area contributed by atoms with Crippen LogP contribution in [0.25, 0.3) is 0 Å². The highest BCUT2D eigenvalue weighted by Crippen LogP contribution is 2.13. The van der Waals surface area contributed by atoms with E-state index in [1.165, 1.54) is 30.7 Å². The highest BCUT2D eigenvalue weighted by Gasteiger charge is 2.06. The van der Waals surface area contributed by atoms with E-state index in [0.717, 1.165) is 12.1 Å². The number of hydrogen-bond acceptors (Lipinski definition) is 3. The molecule has 4 nitrogen and oxygen atoms in total. The number of anilines is 1. The Kier molecular flexibility index (Phi) is 5.05. The Balaban J connectivity index is 2.00. The Hall–Kier alpha value is -2.67. The minimum absolute atomic E-state index is 0.228. The van der Waals surface area contributed by atoms with Gasteiger partial charge in [-0.2, -0.15) is 5.26 Å². The Morgan fingerprint density at radius 2 is 2.00 bits per heavy atom. The smallest absolute Gasteiger partial charge is 0.257 e. The minimum atomic E-state index is -0.228. The molecule has 2 aromatic rings. The molecule has 1 N–H and O–H groups in total. The summed E-state index contributed by atoms with van der Waals surface area (Å²) in [5.41, 5.74) is 2.76. The minimum Gasteiger partial charge on any atom is -0.322 e. The number of aryl methyl sites for hydroxylation is 1. The molecule has 4 heteroatoms. The van der Waals surface area contributed by atoms with Gasteiger partial charge in [-0.25, -0.2) is 4.98 Å². The van der Waals surface area contributed by atoms with Crippen LogP contribution in [0.1, 0.15) is 41.4 Å². The second-order valence-corrected chi connectivity index (χ2v) is 4.80. The third-order valence-corrected chi connectivity index (χ3v) is 3.17. The maximum Gasteiger partial charge on any atom is 0.257 e. The molecule has 0 fully saturated rings. The van der Waals surface area contributed by atoms with Gasteiger partial charge in [-0.3, -0.25) is 4.79 Å². The molecule has 1 aromatic carbocycles. The van der Waals surface area contributed by atoms with Gasteiger partial charge in [0.05, 0.1) is 5.56 Å². The summed E-state index contributed by atoms with van der Waals surface area (Å²) in [4.78, 5) is 15.9.